The van der Waals surface area contributed by atoms with Crippen LogP contribution in [-0.4, -0.2) is 41.0 Å². The molecular formula is C26H27N3O4. The van der Waals surface area contributed by atoms with Gasteiger partial charge in [0, 0.05) is 42.4 Å². The molecule has 1 aliphatic rings. The molecule has 170 valence electrons. The molecule has 4 aromatic rings. The fourth-order valence-corrected chi connectivity index (χ4v) is 4.77. The van der Waals surface area contributed by atoms with Gasteiger partial charge in [0.2, 0.25) is 5.91 Å². The molecule has 33 heavy (non-hydrogen) atoms. The van der Waals surface area contributed by atoms with Crippen LogP contribution in [0.25, 0.3) is 22.0 Å². The van der Waals surface area contributed by atoms with Crippen LogP contribution >= 0.6 is 0 Å². The number of rotatable bonds is 5. The van der Waals surface area contributed by atoms with Crippen LogP contribution in [-0.2, 0) is 11.2 Å². The Hall–Kier alpha value is -3.61. The molecule has 0 bridgehead atoms. The Balaban J connectivity index is 1.29. The zero-order chi connectivity index (χ0) is 22.9. The Labute approximate surface area is 191 Å². The third-order valence-electron chi connectivity index (χ3n) is 6.65. The van der Waals surface area contributed by atoms with E-state index in [9.17, 15) is 9.59 Å². The highest BCUT2D eigenvalue weighted by Gasteiger charge is 2.27. The first kappa shape index (κ1) is 21.2. The van der Waals surface area contributed by atoms with Crippen LogP contribution in [0, 0.1) is 6.92 Å². The molecule has 1 amide bonds. The second-order valence-electron chi connectivity index (χ2n) is 8.67. The van der Waals surface area contributed by atoms with Crippen molar-refractivity contribution < 1.29 is 13.9 Å². The van der Waals surface area contributed by atoms with E-state index in [1.165, 1.54) is 0 Å². The lowest BCUT2D eigenvalue weighted by molar-refractivity contribution is -0.132. The maximum Gasteiger partial charge on any atom is 0.339 e. The van der Waals surface area contributed by atoms with Gasteiger partial charge in [-0.3, -0.25) is 4.79 Å². The number of nitrogens with zero attached hydrogens (tertiary/aromatic N) is 2. The molecule has 0 spiro atoms. The highest BCUT2D eigenvalue weighted by Crippen LogP contribution is 2.28. The van der Waals surface area contributed by atoms with Crippen molar-refractivity contribution in [3.8, 4) is 5.75 Å². The first-order chi connectivity index (χ1) is 16.0. The van der Waals surface area contributed by atoms with Crippen molar-refractivity contribution in [1.29, 1.82) is 0 Å². The quantitative estimate of drug-likeness (QED) is 0.462. The number of aromatic amines is 1. The van der Waals surface area contributed by atoms with E-state index < -0.39 is 0 Å². The number of carbonyl (C=O) groups is 1. The van der Waals surface area contributed by atoms with Crippen LogP contribution in [0.2, 0.25) is 0 Å². The molecule has 1 atom stereocenters. The number of nitrogens with one attached hydrogen (secondary N) is 1. The highest BCUT2D eigenvalue weighted by atomic mass is 16.5. The van der Waals surface area contributed by atoms with Crippen molar-refractivity contribution >= 4 is 27.9 Å². The minimum absolute atomic E-state index is 0.0597. The Morgan fingerprint density at radius 1 is 1.27 bits per heavy atom. The summed E-state index contributed by atoms with van der Waals surface area (Å²) >= 11 is 0. The van der Waals surface area contributed by atoms with Crippen molar-refractivity contribution in [2.24, 2.45) is 0 Å². The molecule has 1 N–H and O–H groups in total. The number of likely N-dealkylation sites (tertiary alicyclic amines) is 1. The number of amides is 1. The molecule has 2 aromatic carbocycles. The minimum Gasteiger partial charge on any atom is -0.497 e. The molecule has 0 saturated carbocycles. The summed E-state index contributed by atoms with van der Waals surface area (Å²) in [5.41, 5.74) is 3.50. The van der Waals surface area contributed by atoms with E-state index in [4.69, 9.17) is 14.1 Å². The second-order valence-corrected chi connectivity index (χ2v) is 8.67. The normalized spacial score (nSPS) is 16.4. The number of para-hydroxylation sites is 2. The van der Waals surface area contributed by atoms with Crippen LogP contribution in [0.4, 0.5) is 0 Å². The van der Waals surface area contributed by atoms with Crippen LogP contribution in [0.3, 0.4) is 0 Å². The molecule has 3 heterocycles. The molecule has 1 fully saturated rings. The predicted octanol–water partition coefficient (Wildman–Crippen LogP) is 4.33. The molecule has 2 aromatic heterocycles. The highest BCUT2D eigenvalue weighted by molar-refractivity contribution is 5.83. The zero-order valence-corrected chi connectivity index (χ0v) is 18.9. The molecule has 1 aliphatic heterocycles. The van der Waals surface area contributed by atoms with Crippen LogP contribution < -0.4 is 10.4 Å². The van der Waals surface area contributed by atoms with E-state index in [0.29, 0.717) is 29.9 Å². The van der Waals surface area contributed by atoms with Gasteiger partial charge >= 0.3 is 5.63 Å². The summed E-state index contributed by atoms with van der Waals surface area (Å²) in [5.74, 6) is 1.83. The molecule has 5 rings (SSSR count). The van der Waals surface area contributed by atoms with Crippen molar-refractivity contribution in [3.63, 3.8) is 0 Å². The first-order valence-electron chi connectivity index (χ1n) is 11.4. The summed E-state index contributed by atoms with van der Waals surface area (Å²) in [4.78, 5) is 35.7. The SMILES string of the molecule is COc1ccc2c(C)c(CCC(=O)N3CCC[C@H](c4nc5ccccc5[nH]4)C3)c(=O)oc2c1. The number of carbonyl (C=O) groups excluding carboxylic acids is 1. The van der Waals surface area contributed by atoms with Gasteiger partial charge in [-0.2, -0.15) is 0 Å². The first-order valence-corrected chi connectivity index (χ1v) is 11.4. The van der Waals surface area contributed by atoms with Crippen LogP contribution in [0.1, 0.15) is 42.1 Å². The number of imidazole rings is 1. The molecule has 1 saturated heterocycles. The van der Waals surface area contributed by atoms with Gasteiger partial charge in [-0.25, -0.2) is 9.78 Å². The lowest BCUT2D eigenvalue weighted by atomic mass is 9.96. The summed E-state index contributed by atoms with van der Waals surface area (Å²) in [6.45, 7) is 3.29. The van der Waals surface area contributed by atoms with Gasteiger partial charge in [0.15, 0.2) is 0 Å². The fourth-order valence-electron chi connectivity index (χ4n) is 4.77. The molecule has 0 radical (unpaired) electrons. The Bertz CT molecular complexity index is 1350. The van der Waals surface area contributed by atoms with Crippen LogP contribution in [0.5, 0.6) is 5.75 Å². The third kappa shape index (κ3) is 4.11. The van der Waals surface area contributed by atoms with Gasteiger partial charge in [0.1, 0.15) is 17.2 Å². The number of aromatic nitrogens is 2. The number of benzene rings is 2. The molecule has 0 unspecified atom stereocenters. The number of methoxy groups -OCH3 is 1. The number of hydrogen-bond donors (Lipinski definition) is 1. The molecule has 7 heteroatoms. The van der Waals surface area contributed by atoms with E-state index in [2.05, 4.69) is 4.98 Å². The summed E-state index contributed by atoms with van der Waals surface area (Å²) in [6, 6.07) is 13.4. The molecule has 0 aliphatic carbocycles. The average molecular weight is 446 g/mol. The Kier molecular flexibility index (Phi) is 5.62. The predicted molar refractivity (Wildman–Crippen MR) is 127 cm³/mol. The van der Waals surface area contributed by atoms with E-state index in [-0.39, 0.29) is 23.9 Å². The van der Waals surface area contributed by atoms with Crippen molar-refractivity contribution in [1.82, 2.24) is 14.9 Å². The maximum absolute atomic E-state index is 13.0. The van der Waals surface area contributed by atoms with Gasteiger partial charge in [-0.05, 0) is 56.0 Å². The summed E-state index contributed by atoms with van der Waals surface area (Å²) in [7, 11) is 1.57. The van der Waals surface area contributed by atoms with Gasteiger partial charge in [0.05, 0.1) is 18.1 Å². The summed E-state index contributed by atoms with van der Waals surface area (Å²) < 4.78 is 10.7. The lowest BCUT2D eigenvalue weighted by Gasteiger charge is -2.32. The van der Waals surface area contributed by atoms with Crippen molar-refractivity contribution in [2.75, 3.05) is 20.2 Å². The summed E-state index contributed by atoms with van der Waals surface area (Å²) in [6.07, 6.45) is 2.58. The second kappa shape index (κ2) is 8.73. The van der Waals surface area contributed by atoms with Crippen molar-refractivity contribution in [2.45, 2.75) is 38.5 Å². The number of ether oxygens (including phenoxy) is 1. The van der Waals surface area contributed by atoms with E-state index in [1.807, 2.05) is 48.2 Å². The van der Waals surface area contributed by atoms with Crippen LogP contribution in [0.15, 0.2) is 51.7 Å². The third-order valence-corrected chi connectivity index (χ3v) is 6.65. The average Bonchev–Trinajstić information content (AvgIpc) is 3.28. The monoisotopic (exact) mass is 445 g/mol. The Morgan fingerprint density at radius 2 is 2.12 bits per heavy atom. The number of H-pyrrole nitrogens is 1. The minimum atomic E-state index is -0.389. The van der Waals surface area contributed by atoms with E-state index in [0.717, 1.165) is 47.2 Å². The van der Waals surface area contributed by atoms with E-state index in [1.54, 1.807) is 13.2 Å². The number of piperidine rings is 1. The number of fused-ring (bicyclic) bond motifs is 2. The fraction of sp³-hybridized carbons (Fsp3) is 0.346. The smallest absolute Gasteiger partial charge is 0.339 e. The summed E-state index contributed by atoms with van der Waals surface area (Å²) in [5, 5.41) is 0.862. The standard InChI is InChI=1S/C26H27N3O4/c1-16-19-10-9-18(32-2)14-23(19)33-26(31)20(16)11-12-24(30)29-13-5-6-17(15-29)25-27-21-7-3-4-8-22(21)28-25/h3-4,7-10,14,17H,5-6,11-13,15H2,1-2H3,(H,27,28)/t17-/m0/s1. The number of hydrogen-bond acceptors (Lipinski definition) is 5. The van der Waals surface area contributed by atoms with Gasteiger partial charge in [0.25, 0.3) is 0 Å². The molecule has 7 nitrogen and oxygen atoms in total. The molecular weight excluding hydrogens is 418 g/mol. The zero-order valence-electron chi connectivity index (χ0n) is 18.9. The van der Waals surface area contributed by atoms with Gasteiger partial charge in [-0.1, -0.05) is 12.1 Å². The van der Waals surface area contributed by atoms with E-state index >= 15 is 0 Å². The van der Waals surface area contributed by atoms with Crippen molar-refractivity contribution in [3.05, 3.63) is 69.8 Å². The lowest BCUT2D eigenvalue weighted by Crippen LogP contribution is -2.39. The largest absolute Gasteiger partial charge is 0.497 e. The number of aryl methyl sites for hydroxylation is 1. The van der Waals surface area contributed by atoms with Gasteiger partial charge in [-0.15, -0.1) is 0 Å². The maximum atomic E-state index is 13.0. The Morgan fingerprint density at radius 3 is 2.94 bits per heavy atom. The van der Waals surface area contributed by atoms with Gasteiger partial charge < -0.3 is 19.0 Å². The topological polar surface area (TPSA) is 88.4 Å².